The number of nitrogens with zero attached hydrogens (tertiary/aromatic N) is 1. The third-order valence-corrected chi connectivity index (χ3v) is 6.87. The van der Waals surface area contributed by atoms with E-state index in [0.717, 1.165) is 17.8 Å². The Labute approximate surface area is 174 Å². The van der Waals surface area contributed by atoms with E-state index in [1.54, 1.807) is 0 Å². The van der Waals surface area contributed by atoms with Gasteiger partial charge in [0.1, 0.15) is 0 Å². The molecule has 2 aliphatic rings. The van der Waals surface area contributed by atoms with E-state index in [-0.39, 0.29) is 0 Å². The SMILES string of the molecule is Cc1ccccc1C(CC1CC2C=CC1C2)N(c1ccccc1)c1ccccc1. The van der Waals surface area contributed by atoms with Gasteiger partial charge in [0.2, 0.25) is 0 Å². The second kappa shape index (κ2) is 7.91. The van der Waals surface area contributed by atoms with Gasteiger partial charge in [-0.15, -0.1) is 0 Å². The first-order valence-electron chi connectivity index (χ1n) is 10.9. The molecule has 1 saturated carbocycles. The van der Waals surface area contributed by atoms with Crippen LogP contribution in [0.5, 0.6) is 0 Å². The summed E-state index contributed by atoms with van der Waals surface area (Å²) < 4.78 is 0. The maximum atomic E-state index is 2.57. The predicted molar refractivity (Wildman–Crippen MR) is 122 cm³/mol. The third kappa shape index (κ3) is 3.62. The number of allylic oxidation sites excluding steroid dienone is 2. The molecule has 0 N–H and O–H groups in total. The molecule has 0 spiro atoms. The number of rotatable bonds is 6. The molecular weight excluding hydrogens is 350 g/mol. The Bertz CT molecular complexity index is 936. The van der Waals surface area contributed by atoms with E-state index in [4.69, 9.17) is 0 Å². The van der Waals surface area contributed by atoms with Crippen molar-refractivity contribution in [3.63, 3.8) is 0 Å². The molecule has 0 amide bonds. The van der Waals surface area contributed by atoms with Gasteiger partial charge in [-0.1, -0.05) is 72.8 Å². The molecule has 2 aliphatic carbocycles. The summed E-state index contributed by atoms with van der Waals surface area (Å²) in [7, 11) is 0. The van der Waals surface area contributed by atoms with Crippen molar-refractivity contribution >= 4 is 11.4 Å². The van der Waals surface area contributed by atoms with Crippen LogP contribution in [0.25, 0.3) is 0 Å². The zero-order valence-electron chi connectivity index (χ0n) is 17.1. The molecule has 4 atom stereocenters. The minimum Gasteiger partial charge on any atom is -0.334 e. The van der Waals surface area contributed by atoms with Crippen LogP contribution in [-0.2, 0) is 0 Å². The standard InChI is InChI=1S/C28H29N/c1-21-10-8-9-15-27(21)28(20-24-19-22-16-17-23(24)18-22)29(25-11-4-2-5-12-25)26-13-6-3-7-14-26/h2-17,22-24,28H,18-20H2,1H3. The van der Waals surface area contributed by atoms with Gasteiger partial charge >= 0.3 is 0 Å². The van der Waals surface area contributed by atoms with Gasteiger partial charge in [0.15, 0.2) is 0 Å². The highest BCUT2D eigenvalue weighted by Gasteiger charge is 2.38. The lowest BCUT2D eigenvalue weighted by molar-refractivity contribution is 0.379. The number of anilines is 2. The Kier molecular flexibility index (Phi) is 4.97. The molecule has 3 aromatic carbocycles. The van der Waals surface area contributed by atoms with E-state index < -0.39 is 0 Å². The first kappa shape index (κ1) is 18.2. The average molecular weight is 380 g/mol. The summed E-state index contributed by atoms with van der Waals surface area (Å²) in [6.45, 7) is 2.26. The fraction of sp³-hybridized carbons (Fsp3) is 0.286. The maximum absolute atomic E-state index is 2.57. The van der Waals surface area contributed by atoms with E-state index in [2.05, 4.69) is 109 Å². The molecule has 0 saturated heterocycles. The summed E-state index contributed by atoms with van der Waals surface area (Å²) in [6.07, 6.45) is 8.85. The lowest BCUT2D eigenvalue weighted by Crippen LogP contribution is -2.27. The fourth-order valence-electron chi connectivity index (χ4n) is 5.47. The minimum atomic E-state index is 0.332. The molecule has 146 valence electrons. The fourth-order valence-corrected chi connectivity index (χ4v) is 5.47. The highest BCUT2D eigenvalue weighted by molar-refractivity contribution is 5.65. The summed E-state index contributed by atoms with van der Waals surface area (Å²) in [5.41, 5.74) is 5.37. The summed E-state index contributed by atoms with van der Waals surface area (Å²) in [4.78, 5) is 2.57. The van der Waals surface area contributed by atoms with E-state index in [1.165, 1.54) is 41.8 Å². The topological polar surface area (TPSA) is 3.24 Å². The lowest BCUT2D eigenvalue weighted by Gasteiger charge is -2.37. The first-order chi connectivity index (χ1) is 14.3. The van der Waals surface area contributed by atoms with Crippen LogP contribution in [0.15, 0.2) is 97.1 Å². The van der Waals surface area contributed by atoms with Crippen molar-refractivity contribution in [2.45, 2.75) is 32.2 Å². The van der Waals surface area contributed by atoms with E-state index in [0.29, 0.717) is 6.04 Å². The smallest absolute Gasteiger partial charge is 0.0597 e. The van der Waals surface area contributed by atoms with Crippen molar-refractivity contribution in [1.29, 1.82) is 0 Å². The van der Waals surface area contributed by atoms with Gasteiger partial charge in [0, 0.05) is 11.4 Å². The molecule has 0 aromatic heterocycles. The van der Waals surface area contributed by atoms with E-state index in [9.17, 15) is 0 Å². The number of hydrogen-bond donors (Lipinski definition) is 0. The summed E-state index contributed by atoms with van der Waals surface area (Å²) in [5, 5.41) is 0. The summed E-state index contributed by atoms with van der Waals surface area (Å²) in [5.74, 6) is 2.34. The van der Waals surface area contributed by atoms with Crippen LogP contribution in [0.3, 0.4) is 0 Å². The highest BCUT2D eigenvalue weighted by atomic mass is 15.2. The molecule has 1 nitrogen and oxygen atoms in total. The molecule has 0 aliphatic heterocycles. The highest BCUT2D eigenvalue weighted by Crippen LogP contribution is 2.49. The largest absolute Gasteiger partial charge is 0.334 e. The zero-order chi connectivity index (χ0) is 19.6. The van der Waals surface area contributed by atoms with Crippen molar-refractivity contribution < 1.29 is 0 Å². The van der Waals surface area contributed by atoms with Crippen LogP contribution in [0.4, 0.5) is 11.4 Å². The second-order valence-electron chi connectivity index (χ2n) is 8.69. The molecule has 29 heavy (non-hydrogen) atoms. The first-order valence-corrected chi connectivity index (χ1v) is 10.9. The minimum absolute atomic E-state index is 0.332. The molecule has 5 rings (SSSR count). The molecular formula is C28H29N. The van der Waals surface area contributed by atoms with Crippen molar-refractivity contribution in [2.75, 3.05) is 4.90 Å². The number of fused-ring (bicyclic) bond motifs is 2. The third-order valence-electron chi connectivity index (χ3n) is 6.87. The molecule has 2 bridgehead atoms. The predicted octanol–water partition coefficient (Wildman–Crippen LogP) is 7.48. The maximum Gasteiger partial charge on any atom is 0.0597 e. The Hall–Kier alpha value is -2.80. The quantitative estimate of drug-likeness (QED) is 0.401. The summed E-state index contributed by atoms with van der Waals surface area (Å²) in [6, 6.07) is 31.1. The molecule has 4 unspecified atom stereocenters. The normalized spacial score (nSPS) is 23.3. The molecule has 3 aromatic rings. The number of para-hydroxylation sites is 2. The van der Waals surface area contributed by atoms with Gasteiger partial charge in [-0.2, -0.15) is 0 Å². The van der Waals surface area contributed by atoms with Crippen molar-refractivity contribution in [3.05, 3.63) is 108 Å². The van der Waals surface area contributed by atoms with Crippen LogP contribution < -0.4 is 4.90 Å². The van der Waals surface area contributed by atoms with Gasteiger partial charge in [0.05, 0.1) is 6.04 Å². The molecule has 1 heteroatoms. The molecule has 0 heterocycles. The van der Waals surface area contributed by atoms with Gasteiger partial charge in [-0.25, -0.2) is 0 Å². The van der Waals surface area contributed by atoms with E-state index >= 15 is 0 Å². The number of aryl methyl sites for hydroxylation is 1. The van der Waals surface area contributed by atoms with Crippen molar-refractivity contribution in [1.82, 2.24) is 0 Å². The van der Waals surface area contributed by atoms with Crippen LogP contribution in [0.2, 0.25) is 0 Å². The second-order valence-corrected chi connectivity index (χ2v) is 8.69. The summed E-state index contributed by atoms with van der Waals surface area (Å²) >= 11 is 0. The van der Waals surface area contributed by atoms with Crippen LogP contribution >= 0.6 is 0 Å². The number of benzene rings is 3. The van der Waals surface area contributed by atoms with Crippen LogP contribution in [-0.4, -0.2) is 0 Å². The van der Waals surface area contributed by atoms with Crippen LogP contribution in [0, 0.1) is 24.7 Å². The van der Waals surface area contributed by atoms with Crippen molar-refractivity contribution in [2.24, 2.45) is 17.8 Å². The van der Waals surface area contributed by atoms with Gasteiger partial charge in [-0.05, 0) is 79.3 Å². The molecule has 0 radical (unpaired) electrons. The van der Waals surface area contributed by atoms with Gasteiger partial charge < -0.3 is 4.90 Å². The Morgan fingerprint density at radius 1 is 0.759 bits per heavy atom. The van der Waals surface area contributed by atoms with Gasteiger partial charge in [-0.3, -0.25) is 0 Å². The zero-order valence-corrected chi connectivity index (χ0v) is 17.1. The van der Waals surface area contributed by atoms with Crippen molar-refractivity contribution in [3.8, 4) is 0 Å². The van der Waals surface area contributed by atoms with E-state index in [1.807, 2.05) is 0 Å². The lowest BCUT2D eigenvalue weighted by atomic mass is 9.83. The van der Waals surface area contributed by atoms with Crippen LogP contribution in [0.1, 0.15) is 36.4 Å². The Morgan fingerprint density at radius 2 is 1.38 bits per heavy atom. The number of hydrogen-bond acceptors (Lipinski definition) is 1. The Balaban J connectivity index is 1.60. The molecule has 1 fully saturated rings. The monoisotopic (exact) mass is 379 g/mol. The average Bonchev–Trinajstić information content (AvgIpc) is 3.39. The Morgan fingerprint density at radius 3 is 1.93 bits per heavy atom. The van der Waals surface area contributed by atoms with Gasteiger partial charge in [0.25, 0.3) is 0 Å².